The Morgan fingerprint density at radius 1 is 1.11 bits per heavy atom. The summed E-state index contributed by atoms with van der Waals surface area (Å²) in [6.07, 6.45) is 6.80. The number of hydrogen-bond acceptors (Lipinski definition) is 4. The van der Waals surface area contributed by atoms with E-state index in [-0.39, 0.29) is 45.0 Å². The smallest absolute Gasteiger partial charge is 0.332 e. The molecule has 7 heteroatoms. The summed E-state index contributed by atoms with van der Waals surface area (Å²) < 4.78 is 8.21. The number of unbranched alkanes of at least 4 members (excludes halogenated alkanes) is 3. The van der Waals surface area contributed by atoms with E-state index in [9.17, 15) is 9.59 Å². The number of rotatable bonds is 12. The van der Waals surface area contributed by atoms with Crippen molar-refractivity contribution in [1.29, 1.82) is 0 Å². The Morgan fingerprint density at radius 3 is 2.82 bits per heavy atom. The van der Waals surface area contributed by atoms with Crippen LogP contribution in [-0.4, -0.2) is 62.6 Å². The van der Waals surface area contributed by atoms with Crippen LogP contribution in [0.4, 0.5) is 4.79 Å². The average Bonchev–Trinajstić information content (AvgIpc) is 3.24. The molecule has 0 unspecified atom stereocenters. The number of nitrogens with one attached hydrogen (secondary N) is 2. The van der Waals surface area contributed by atoms with Crippen LogP contribution in [-0.2, 0) is 9.53 Å². The van der Waals surface area contributed by atoms with E-state index in [1.54, 1.807) is 0 Å². The van der Waals surface area contributed by atoms with Crippen LogP contribution in [0.25, 0.3) is 0 Å². The normalized spacial score (nSPS) is 23.1. The molecule has 154 valence electrons. The monoisotopic (exact) mass is 520 g/mol. The molecule has 2 N–H and O–H groups in total. The number of carbonyl (C=O) groups is 2. The summed E-state index contributed by atoms with van der Waals surface area (Å²) in [7, 11) is 0. The molecule has 3 rings (SSSR count). The minimum atomic E-state index is -0.0640. The first-order valence-corrected chi connectivity index (χ1v) is 14.1. The zero-order chi connectivity index (χ0) is 19.6. The quantitative estimate of drug-likeness (QED) is 0.194. The van der Waals surface area contributed by atoms with Gasteiger partial charge in [0.1, 0.15) is 0 Å². The Morgan fingerprint density at radius 2 is 1.96 bits per heavy atom. The van der Waals surface area contributed by atoms with Crippen molar-refractivity contribution in [1.82, 2.24) is 10.6 Å². The maximum atomic E-state index is 11.9. The summed E-state index contributed by atoms with van der Waals surface area (Å²) in [5.74, 6) is 0.926. The maximum absolute atomic E-state index is 11.9. The van der Waals surface area contributed by atoms with Crippen molar-refractivity contribution in [2.24, 2.45) is 0 Å². The van der Waals surface area contributed by atoms with Crippen molar-refractivity contribution in [3.05, 3.63) is 30.3 Å². The van der Waals surface area contributed by atoms with Gasteiger partial charge in [-0.3, -0.25) is 0 Å². The van der Waals surface area contributed by atoms with Crippen LogP contribution >= 0.6 is 11.8 Å². The van der Waals surface area contributed by atoms with Crippen LogP contribution in [0.2, 0.25) is 4.47 Å². The predicted octanol–water partition coefficient (Wildman–Crippen LogP) is 2.87. The molecule has 0 spiro atoms. The topological polar surface area (TPSA) is 67.4 Å². The Labute approximate surface area is 182 Å². The molecule has 0 aromatic heterocycles. The number of fused-ring (bicyclic) bond motifs is 1. The number of benzene rings is 1. The van der Waals surface area contributed by atoms with Crippen molar-refractivity contribution in [3.63, 3.8) is 0 Å². The van der Waals surface area contributed by atoms with Crippen LogP contribution in [0.1, 0.15) is 44.9 Å². The van der Waals surface area contributed by atoms with E-state index >= 15 is 0 Å². The Hall–Kier alpha value is -0.900. The van der Waals surface area contributed by atoms with Crippen molar-refractivity contribution in [2.45, 2.75) is 66.7 Å². The molecule has 2 aliphatic rings. The molecular weight excluding hydrogens is 488 g/mol. The van der Waals surface area contributed by atoms with Crippen molar-refractivity contribution in [3.8, 4) is 0 Å². The van der Waals surface area contributed by atoms with Gasteiger partial charge in [-0.15, -0.1) is 0 Å². The van der Waals surface area contributed by atoms with E-state index in [1.807, 2.05) is 11.8 Å². The fourth-order valence-corrected chi connectivity index (χ4v) is 7.81. The van der Waals surface area contributed by atoms with E-state index in [0.717, 1.165) is 37.9 Å². The minimum absolute atomic E-state index is 0.0360. The minimum Gasteiger partial charge on any atom is -0.332 e. The van der Waals surface area contributed by atoms with Gasteiger partial charge in [-0.25, -0.2) is 4.79 Å². The van der Waals surface area contributed by atoms with Gasteiger partial charge in [0, 0.05) is 5.75 Å². The van der Waals surface area contributed by atoms with E-state index in [4.69, 9.17) is 4.74 Å². The van der Waals surface area contributed by atoms with Gasteiger partial charge in [-0.1, -0.05) is 0 Å². The molecule has 2 saturated heterocycles. The van der Waals surface area contributed by atoms with Gasteiger partial charge in [-0.2, -0.15) is 11.8 Å². The zero-order valence-electron chi connectivity index (χ0n) is 16.2. The Balaban J connectivity index is 1.14. The van der Waals surface area contributed by atoms with Crippen molar-refractivity contribution >= 4 is 48.3 Å². The Bertz CT molecular complexity index is 631. The third kappa shape index (κ3) is 7.17. The molecule has 1 aromatic rings. The molecule has 28 heavy (non-hydrogen) atoms. The summed E-state index contributed by atoms with van der Waals surface area (Å²) in [6, 6.07) is 11.3. The van der Waals surface area contributed by atoms with Crippen molar-refractivity contribution < 1.29 is 14.3 Å². The molecule has 2 heterocycles. The largest absolute Gasteiger partial charge is 0.332 e. The number of ether oxygens (including phenoxy) is 1. The molecule has 2 amide bonds. The summed E-state index contributed by atoms with van der Waals surface area (Å²) in [6.45, 7) is 0.560. The number of carbonyl (C=O) groups excluding carboxylic acids is 2. The SMILES string of the molecule is O=C1N[C@H]2[C@H](CS[C@H]2CCCCC(=O)OCCCCC[Te]c2ccccc2)N1. The number of amides is 2. The van der Waals surface area contributed by atoms with Crippen LogP contribution in [0.15, 0.2) is 30.3 Å². The third-order valence-corrected chi connectivity index (χ3v) is 9.76. The van der Waals surface area contributed by atoms with Crippen LogP contribution in [0, 0.1) is 0 Å². The van der Waals surface area contributed by atoms with Gasteiger partial charge < -0.3 is 10.6 Å². The number of urea groups is 1. The van der Waals surface area contributed by atoms with E-state index < -0.39 is 0 Å². The summed E-state index contributed by atoms with van der Waals surface area (Å²) in [4.78, 5) is 23.2. The van der Waals surface area contributed by atoms with E-state index in [0.29, 0.717) is 18.3 Å². The summed E-state index contributed by atoms with van der Waals surface area (Å²) in [5.41, 5.74) is 0. The van der Waals surface area contributed by atoms with Crippen LogP contribution in [0.3, 0.4) is 0 Å². The first-order chi connectivity index (χ1) is 13.7. The summed E-state index contributed by atoms with van der Waals surface area (Å²) >= 11 is 1.88. The van der Waals surface area contributed by atoms with Gasteiger partial charge in [0.05, 0.1) is 12.1 Å². The summed E-state index contributed by atoms with van der Waals surface area (Å²) in [5, 5.41) is 6.45. The van der Waals surface area contributed by atoms with Crippen molar-refractivity contribution in [2.75, 3.05) is 12.4 Å². The fourth-order valence-electron chi connectivity index (χ4n) is 3.60. The molecule has 0 radical (unpaired) electrons. The van der Waals surface area contributed by atoms with Crippen LogP contribution in [0.5, 0.6) is 0 Å². The molecule has 3 atom stereocenters. The predicted molar refractivity (Wildman–Crippen MR) is 115 cm³/mol. The molecule has 5 nitrogen and oxygen atoms in total. The van der Waals surface area contributed by atoms with Gasteiger partial charge >= 0.3 is 138 Å². The molecular formula is C21H30N2O3STe. The molecule has 1 aromatic carbocycles. The first-order valence-electron chi connectivity index (χ1n) is 10.2. The standard InChI is InChI=1S/C21H30N2O3STe/c24-19(26-13-7-2-8-14-28-16-9-3-1-4-10-16)12-6-5-11-18-20-17(15-27-18)22-21(25)23-20/h1,3-4,9-10,17-18,20H,2,5-8,11-15H2,(H2,22,23,25)/t17-,18-,20-/m0/s1. The second kappa shape index (κ2) is 11.9. The fraction of sp³-hybridized carbons (Fsp3) is 0.619. The molecule has 2 aliphatic heterocycles. The Kier molecular flexibility index (Phi) is 9.30. The second-order valence-electron chi connectivity index (χ2n) is 7.31. The number of hydrogen-bond donors (Lipinski definition) is 2. The van der Waals surface area contributed by atoms with E-state index in [2.05, 4.69) is 41.0 Å². The maximum Gasteiger partial charge on any atom is -0.332 e. The third-order valence-electron chi connectivity index (χ3n) is 5.12. The zero-order valence-corrected chi connectivity index (χ0v) is 19.4. The first kappa shape index (κ1) is 21.8. The molecule has 0 saturated carbocycles. The van der Waals surface area contributed by atoms with Gasteiger partial charge in [0.2, 0.25) is 0 Å². The van der Waals surface area contributed by atoms with Crippen LogP contribution < -0.4 is 14.2 Å². The van der Waals surface area contributed by atoms with Gasteiger partial charge in [0.15, 0.2) is 0 Å². The van der Waals surface area contributed by atoms with Gasteiger partial charge in [-0.05, 0) is 0 Å². The molecule has 0 aliphatic carbocycles. The molecule has 2 fully saturated rings. The number of thioether (sulfide) groups is 1. The average molecular weight is 518 g/mol. The molecule has 0 bridgehead atoms. The van der Waals surface area contributed by atoms with E-state index in [1.165, 1.54) is 14.5 Å². The van der Waals surface area contributed by atoms with Gasteiger partial charge in [0.25, 0.3) is 0 Å². The second-order valence-corrected chi connectivity index (χ2v) is 11.9. The number of esters is 1.